The molecule has 0 unspecified atom stereocenters. The van der Waals surface area contributed by atoms with Gasteiger partial charge in [0.05, 0.1) is 26.4 Å². The third-order valence-electron chi connectivity index (χ3n) is 5.43. The quantitative estimate of drug-likeness (QED) is 0.332. The molecule has 0 N–H and O–H groups in total. The van der Waals surface area contributed by atoms with Crippen LogP contribution in [0.25, 0.3) is 0 Å². The van der Waals surface area contributed by atoms with E-state index in [-0.39, 0.29) is 5.04 Å². The van der Waals surface area contributed by atoms with Crippen LogP contribution in [0.3, 0.4) is 0 Å². The van der Waals surface area contributed by atoms with E-state index in [0.29, 0.717) is 0 Å². The summed E-state index contributed by atoms with van der Waals surface area (Å²) in [6.07, 6.45) is -1.50. The third kappa shape index (κ3) is 2.86. The van der Waals surface area contributed by atoms with Crippen molar-refractivity contribution in [2.45, 2.75) is 64.9 Å². The van der Waals surface area contributed by atoms with E-state index in [9.17, 15) is 14.4 Å². The van der Waals surface area contributed by atoms with Crippen LogP contribution in [0.2, 0.25) is 18.1 Å². The Labute approximate surface area is 144 Å². The highest BCUT2D eigenvalue weighted by Gasteiger charge is 2.70. The van der Waals surface area contributed by atoms with E-state index in [2.05, 4.69) is 25.5 Å². The van der Waals surface area contributed by atoms with E-state index in [4.69, 9.17) is 9.16 Å². The van der Waals surface area contributed by atoms with Crippen molar-refractivity contribution in [1.82, 2.24) is 4.90 Å². The minimum Gasteiger partial charge on any atom is -0.468 e. The van der Waals surface area contributed by atoms with Crippen molar-refractivity contribution < 1.29 is 28.3 Å². The first-order chi connectivity index (χ1) is 10.8. The monoisotopic (exact) mass is 359 g/mol. The van der Waals surface area contributed by atoms with Crippen molar-refractivity contribution >= 4 is 26.3 Å². The molecule has 138 valence electrons. The maximum absolute atomic E-state index is 12.7. The molecule has 0 bridgehead atoms. The molecule has 7 nitrogen and oxygen atoms in total. The van der Waals surface area contributed by atoms with Gasteiger partial charge in [-0.2, -0.15) is 0 Å². The Kier molecular flexibility index (Phi) is 5.57. The van der Waals surface area contributed by atoms with Crippen LogP contribution >= 0.6 is 0 Å². The van der Waals surface area contributed by atoms with Crippen molar-refractivity contribution in [3.05, 3.63) is 0 Å². The van der Waals surface area contributed by atoms with E-state index in [1.54, 1.807) is 13.8 Å². The van der Waals surface area contributed by atoms with Crippen LogP contribution in [0.4, 0.5) is 4.79 Å². The molecule has 0 aliphatic carbocycles. The second-order valence-corrected chi connectivity index (χ2v) is 12.5. The van der Waals surface area contributed by atoms with Crippen molar-refractivity contribution in [3.8, 4) is 0 Å². The van der Waals surface area contributed by atoms with Crippen molar-refractivity contribution in [2.24, 2.45) is 5.41 Å². The Balaban J connectivity index is 3.23. The molecule has 0 spiro atoms. The first-order valence-corrected chi connectivity index (χ1v) is 10.9. The number of ether oxygens (including phenoxy) is 2. The minimum atomic E-state index is -2.23. The van der Waals surface area contributed by atoms with Crippen molar-refractivity contribution in [3.63, 3.8) is 0 Å². The molecule has 1 heterocycles. The van der Waals surface area contributed by atoms with Crippen LogP contribution < -0.4 is 0 Å². The zero-order chi connectivity index (χ0) is 19.1. The summed E-state index contributed by atoms with van der Waals surface area (Å²) < 4.78 is 15.8. The molecular formula is C16H29NO6Si. The smallest absolute Gasteiger partial charge is 0.416 e. The number of carbonyl (C=O) groups excluding carboxylic acids is 3. The van der Waals surface area contributed by atoms with E-state index in [1.165, 1.54) is 14.2 Å². The number of methoxy groups -OCH3 is 2. The van der Waals surface area contributed by atoms with Gasteiger partial charge in [0.25, 0.3) is 5.91 Å². The Bertz CT molecular complexity index is 541. The molecular weight excluding hydrogens is 330 g/mol. The fraction of sp³-hybridized carbons (Fsp3) is 0.812. The lowest BCUT2D eigenvalue weighted by Crippen LogP contribution is -2.77. The average molecular weight is 359 g/mol. The Morgan fingerprint density at radius 2 is 1.71 bits per heavy atom. The largest absolute Gasteiger partial charge is 0.468 e. The lowest BCUT2D eigenvalue weighted by Gasteiger charge is -2.54. The number of esters is 1. The predicted octanol–water partition coefficient (Wildman–Crippen LogP) is 2.55. The van der Waals surface area contributed by atoms with Gasteiger partial charge in [0, 0.05) is 0 Å². The minimum absolute atomic E-state index is 0.0867. The lowest BCUT2D eigenvalue weighted by molar-refractivity contribution is -0.194. The molecule has 1 rings (SSSR count). The number of hydrogen-bond donors (Lipinski definition) is 0. The van der Waals surface area contributed by atoms with Gasteiger partial charge in [0.2, 0.25) is 0 Å². The molecule has 0 saturated carbocycles. The molecule has 1 aliphatic heterocycles. The van der Waals surface area contributed by atoms with Gasteiger partial charge < -0.3 is 13.9 Å². The van der Waals surface area contributed by atoms with E-state index in [0.717, 1.165) is 4.90 Å². The van der Waals surface area contributed by atoms with E-state index >= 15 is 0 Å². The summed E-state index contributed by atoms with van der Waals surface area (Å²) >= 11 is 0. The Morgan fingerprint density at radius 1 is 1.21 bits per heavy atom. The average Bonchev–Trinajstić information content (AvgIpc) is 2.45. The normalized spacial score (nSPS) is 25.8. The first-order valence-electron chi connectivity index (χ1n) is 7.96. The fourth-order valence-electron chi connectivity index (χ4n) is 2.85. The number of nitrogens with zero attached hydrogens (tertiary/aromatic N) is 1. The van der Waals surface area contributed by atoms with Crippen LogP contribution in [0, 0.1) is 5.41 Å². The van der Waals surface area contributed by atoms with Crippen LogP contribution in [0.15, 0.2) is 0 Å². The highest BCUT2D eigenvalue weighted by molar-refractivity contribution is 6.74. The predicted molar refractivity (Wildman–Crippen MR) is 90.9 cm³/mol. The van der Waals surface area contributed by atoms with Crippen LogP contribution in [-0.4, -0.2) is 57.6 Å². The van der Waals surface area contributed by atoms with Crippen LogP contribution in [0.5, 0.6) is 0 Å². The second kappa shape index (κ2) is 6.48. The zero-order valence-corrected chi connectivity index (χ0v) is 17.1. The van der Waals surface area contributed by atoms with Gasteiger partial charge in [0.15, 0.2) is 13.7 Å². The lowest BCUT2D eigenvalue weighted by atomic mass is 9.67. The zero-order valence-electron chi connectivity index (χ0n) is 16.1. The maximum atomic E-state index is 12.7. The van der Waals surface area contributed by atoms with Gasteiger partial charge in [-0.3, -0.25) is 9.59 Å². The first kappa shape index (κ1) is 20.6. The molecule has 1 aliphatic rings. The summed E-state index contributed by atoms with van der Waals surface area (Å²) in [6, 6.07) is -0.704. The standard InChI is InChI=1S/C16H29NO6Si/c1-10-16(13(19)21-6,12(18)17(10)14(20)22-7)11(2)23-24(8,9)15(3,4)5/h10-11H,1-9H3/t10-,11+,16-/m0/s1. The van der Waals surface area contributed by atoms with Gasteiger partial charge >= 0.3 is 12.1 Å². The summed E-state index contributed by atoms with van der Waals surface area (Å²) in [4.78, 5) is 37.9. The molecule has 2 amide bonds. The van der Waals surface area contributed by atoms with E-state index < -0.39 is 43.8 Å². The molecule has 0 aromatic carbocycles. The molecule has 0 aromatic heterocycles. The highest BCUT2D eigenvalue weighted by Crippen LogP contribution is 2.47. The third-order valence-corrected chi connectivity index (χ3v) is 9.99. The number of imide groups is 1. The second-order valence-electron chi connectivity index (χ2n) is 7.70. The van der Waals surface area contributed by atoms with Crippen LogP contribution in [0.1, 0.15) is 34.6 Å². The summed E-state index contributed by atoms with van der Waals surface area (Å²) in [5.74, 6) is -1.33. The Hall–Kier alpha value is -1.41. The number of likely N-dealkylation sites (tertiary alicyclic amines) is 1. The molecule has 1 fully saturated rings. The number of β-lactam (4-membered cyclic amide) rings is 1. The van der Waals surface area contributed by atoms with Crippen LogP contribution in [-0.2, 0) is 23.5 Å². The summed E-state index contributed by atoms with van der Waals surface area (Å²) in [6.45, 7) is 13.6. The van der Waals surface area contributed by atoms with Gasteiger partial charge in [-0.05, 0) is 32.0 Å². The molecule has 24 heavy (non-hydrogen) atoms. The van der Waals surface area contributed by atoms with Gasteiger partial charge in [-0.1, -0.05) is 20.8 Å². The fourth-order valence-corrected chi connectivity index (χ4v) is 4.27. The molecule has 1 saturated heterocycles. The van der Waals surface area contributed by atoms with E-state index in [1.807, 2.05) is 13.1 Å². The number of carbonyl (C=O) groups is 3. The SMILES string of the molecule is COC(=O)N1C(=O)[C@@](C(=O)OC)([C@@H](C)O[Si](C)(C)C(C)(C)C)[C@@H]1C. The molecule has 3 atom stereocenters. The molecule has 0 radical (unpaired) electrons. The van der Waals surface area contributed by atoms with Gasteiger partial charge in [-0.15, -0.1) is 0 Å². The topological polar surface area (TPSA) is 82.1 Å². The summed E-state index contributed by atoms with van der Waals surface area (Å²) in [5.41, 5.74) is -1.53. The van der Waals surface area contributed by atoms with Gasteiger partial charge in [-0.25, -0.2) is 9.69 Å². The highest BCUT2D eigenvalue weighted by atomic mass is 28.4. The summed E-state index contributed by atoms with van der Waals surface area (Å²) in [7, 11) is 0.186. The van der Waals surface area contributed by atoms with Crippen molar-refractivity contribution in [2.75, 3.05) is 14.2 Å². The maximum Gasteiger partial charge on any atom is 0.416 e. The Morgan fingerprint density at radius 3 is 2.04 bits per heavy atom. The summed E-state index contributed by atoms with van der Waals surface area (Å²) in [5, 5.41) is -0.0867. The van der Waals surface area contributed by atoms with Crippen molar-refractivity contribution in [1.29, 1.82) is 0 Å². The number of rotatable bonds is 4. The number of hydrogen-bond acceptors (Lipinski definition) is 6. The molecule has 0 aromatic rings. The molecule has 8 heteroatoms. The van der Waals surface area contributed by atoms with Gasteiger partial charge in [0.1, 0.15) is 0 Å². The number of amides is 2.